The highest BCUT2D eigenvalue weighted by Crippen LogP contribution is 2.21. The van der Waals surface area contributed by atoms with Crippen molar-refractivity contribution >= 4 is 21.2 Å². The molecule has 2 aromatic carbocycles. The third-order valence-electron chi connectivity index (χ3n) is 3.28. The van der Waals surface area contributed by atoms with E-state index in [1.165, 1.54) is 5.56 Å². The number of azo groups is 1. The molecule has 0 unspecified atom stereocenters. The summed E-state index contributed by atoms with van der Waals surface area (Å²) in [6, 6.07) is 14.3. The summed E-state index contributed by atoms with van der Waals surface area (Å²) >= 11 is 0. The van der Waals surface area contributed by atoms with Gasteiger partial charge in [0.2, 0.25) is 0 Å². The summed E-state index contributed by atoms with van der Waals surface area (Å²) < 4.78 is 24.1. The molecule has 0 amide bonds. The first-order chi connectivity index (χ1) is 10.5. The fraction of sp³-hybridized carbons (Fsp3) is 0.294. The van der Waals surface area contributed by atoms with Crippen molar-refractivity contribution in [2.45, 2.75) is 31.6 Å². The van der Waals surface area contributed by atoms with Crippen LogP contribution >= 0.6 is 0 Å². The van der Waals surface area contributed by atoms with E-state index in [9.17, 15) is 8.42 Å². The fourth-order valence-electron chi connectivity index (χ4n) is 1.90. The first-order valence-corrected chi connectivity index (χ1v) is 8.98. The van der Waals surface area contributed by atoms with Gasteiger partial charge in [-0.2, -0.15) is 10.2 Å². The number of nitrogens with zero attached hydrogens (tertiary/aromatic N) is 2. The fourth-order valence-corrected chi connectivity index (χ4v) is 3.35. The van der Waals surface area contributed by atoms with Crippen molar-refractivity contribution in [3.63, 3.8) is 0 Å². The summed E-state index contributed by atoms with van der Waals surface area (Å²) in [5, 5.41) is 8.26. The van der Waals surface area contributed by atoms with E-state index >= 15 is 0 Å². The Bertz CT molecular complexity index is 733. The van der Waals surface area contributed by atoms with Gasteiger partial charge in [0.15, 0.2) is 9.84 Å². The van der Waals surface area contributed by atoms with Gasteiger partial charge in [0.05, 0.1) is 22.0 Å². The van der Waals surface area contributed by atoms with Crippen LogP contribution in [0.2, 0.25) is 0 Å². The van der Waals surface area contributed by atoms with Crippen LogP contribution in [0, 0.1) is 6.92 Å². The molecule has 0 radical (unpaired) electrons. The minimum Gasteiger partial charge on any atom is -0.224 e. The van der Waals surface area contributed by atoms with Crippen LogP contribution in [0.1, 0.15) is 25.3 Å². The Balaban J connectivity index is 2.10. The molecule has 2 rings (SSSR count). The van der Waals surface area contributed by atoms with E-state index in [-0.39, 0.29) is 5.75 Å². The van der Waals surface area contributed by atoms with Crippen LogP contribution in [0.4, 0.5) is 11.4 Å². The van der Waals surface area contributed by atoms with Gasteiger partial charge < -0.3 is 0 Å². The molecule has 0 saturated heterocycles. The molecule has 0 aliphatic rings. The van der Waals surface area contributed by atoms with Gasteiger partial charge in [-0.15, -0.1) is 0 Å². The second-order valence-electron chi connectivity index (χ2n) is 5.20. The molecule has 0 saturated carbocycles. The summed E-state index contributed by atoms with van der Waals surface area (Å²) in [7, 11) is -3.18. The number of unbranched alkanes of at least 4 members (excludes halogenated alkanes) is 1. The van der Waals surface area contributed by atoms with Crippen molar-refractivity contribution in [3.8, 4) is 0 Å². The van der Waals surface area contributed by atoms with Crippen LogP contribution in [0.25, 0.3) is 0 Å². The Morgan fingerprint density at radius 2 is 1.36 bits per heavy atom. The van der Waals surface area contributed by atoms with Gasteiger partial charge in [0.25, 0.3) is 0 Å². The van der Waals surface area contributed by atoms with Crippen LogP contribution in [0.3, 0.4) is 0 Å². The van der Waals surface area contributed by atoms with Gasteiger partial charge in [0, 0.05) is 0 Å². The molecule has 0 atom stereocenters. The van der Waals surface area contributed by atoms with E-state index in [0.717, 1.165) is 12.1 Å². The van der Waals surface area contributed by atoms with Gasteiger partial charge >= 0.3 is 0 Å². The van der Waals surface area contributed by atoms with Crippen molar-refractivity contribution in [1.29, 1.82) is 0 Å². The maximum absolute atomic E-state index is 12.1. The quantitative estimate of drug-likeness (QED) is 0.705. The highest BCUT2D eigenvalue weighted by molar-refractivity contribution is 7.91. The molecule has 0 aliphatic heterocycles. The van der Waals surface area contributed by atoms with Gasteiger partial charge in [-0.25, -0.2) is 8.42 Å². The highest BCUT2D eigenvalue weighted by Gasteiger charge is 2.13. The molecule has 0 aliphatic carbocycles. The Labute approximate surface area is 131 Å². The first-order valence-electron chi connectivity index (χ1n) is 7.32. The SMILES string of the molecule is CCCCS(=O)(=O)c1ccc(N=Nc2ccc(C)cc2)cc1. The van der Waals surface area contributed by atoms with E-state index in [2.05, 4.69) is 10.2 Å². The molecule has 0 heterocycles. The highest BCUT2D eigenvalue weighted by atomic mass is 32.2. The maximum Gasteiger partial charge on any atom is 0.178 e. The lowest BCUT2D eigenvalue weighted by atomic mass is 10.2. The van der Waals surface area contributed by atoms with E-state index in [0.29, 0.717) is 17.0 Å². The maximum atomic E-state index is 12.1. The number of hydrogen-bond acceptors (Lipinski definition) is 4. The molecule has 116 valence electrons. The smallest absolute Gasteiger partial charge is 0.178 e. The minimum absolute atomic E-state index is 0.188. The lowest BCUT2D eigenvalue weighted by Gasteiger charge is -2.03. The second kappa shape index (κ2) is 7.31. The van der Waals surface area contributed by atoms with Crippen LogP contribution in [0.15, 0.2) is 63.7 Å². The van der Waals surface area contributed by atoms with Crippen LogP contribution in [0.5, 0.6) is 0 Å². The van der Waals surface area contributed by atoms with E-state index in [4.69, 9.17) is 0 Å². The molecule has 5 heteroatoms. The summed E-state index contributed by atoms with van der Waals surface area (Å²) in [4.78, 5) is 0.343. The molecule has 2 aromatic rings. The number of aryl methyl sites for hydroxylation is 1. The van der Waals surface area contributed by atoms with Crippen molar-refractivity contribution < 1.29 is 8.42 Å². The zero-order chi connectivity index (χ0) is 16.0. The number of benzene rings is 2. The van der Waals surface area contributed by atoms with E-state index in [1.807, 2.05) is 38.1 Å². The molecule has 0 fully saturated rings. The Morgan fingerprint density at radius 3 is 1.86 bits per heavy atom. The predicted molar refractivity (Wildman–Crippen MR) is 88.8 cm³/mol. The molecule has 4 nitrogen and oxygen atoms in total. The lowest BCUT2D eigenvalue weighted by molar-refractivity contribution is 0.592. The third-order valence-corrected chi connectivity index (χ3v) is 5.09. The van der Waals surface area contributed by atoms with Gasteiger partial charge in [0.1, 0.15) is 0 Å². The van der Waals surface area contributed by atoms with E-state index in [1.54, 1.807) is 24.3 Å². The summed E-state index contributed by atoms with van der Waals surface area (Å²) in [6.07, 6.45) is 1.54. The largest absolute Gasteiger partial charge is 0.224 e. The van der Waals surface area contributed by atoms with Crippen molar-refractivity contribution in [3.05, 3.63) is 54.1 Å². The second-order valence-corrected chi connectivity index (χ2v) is 7.31. The van der Waals surface area contributed by atoms with E-state index < -0.39 is 9.84 Å². The molecule has 0 aromatic heterocycles. The molecule has 0 N–H and O–H groups in total. The summed E-state index contributed by atoms with van der Waals surface area (Å²) in [5.74, 6) is 0.188. The Hall–Kier alpha value is -2.01. The topological polar surface area (TPSA) is 58.9 Å². The van der Waals surface area contributed by atoms with Crippen molar-refractivity contribution in [1.82, 2.24) is 0 Å². The molecular weight excluding hydrogens is 296 g/mol. The standard InChI is InChI=1S/C17H20N2O2S/c1-3-4-13-22(20,21)17-11-9-16(10-12-17)19-18-15-7-5-14(2)6-8-15/h5-12H,3-4,13H2,1-2H3. The molecular formula is C17H20N2O2S. The molecule has 0 bridgehead atoms. The number of rotatable bonds is 6. The minimum atomic E-state index is -3.18. The average Bonchev–Trinajstić information content (AvgIpc) is 2.53. The van der Waals surface area contributed by atoms with Crippen molar-refractivity contribution in [2.24, 2.45) is 10.2 Å². The van der Waals surface area contributed by atoms with Crippen molar-refractivity contribution in [2.75, 3.05) is 5.75 Å². The zero-order valence-electron chi connectivity index (χ0n) is 12.9. The molecule has 22 heavy (non-hydrogen) atoms. The molecule has 0 spiro atoms. The van der Waals surface area contributed by atoms with Crippen LogP contribution in [-0.4, -0.2) is 14.2 Å². The number of hydrogen-bond donors (Lipinski definition) is 0. The van der Waals surface area contributed by atoms with Gasteiger partial charge in [-0.05, 0) is 49.7 Å². The normalized spacial score (nSPS) is 11.9. The first kappa shape index (κ1) is 16.4. The van der Waals surface area contributed by atoms with Gasteiger partial charge in [-0.1, -0.05) is 31.0 Å². The van der Waals surface area contributed by atoms with Gasteiger partial charge in [-0.3, -0.25) is 0 Å². The van der Waals surface area contributed by atoms with Crippen LogP contribution < -0.4 is 0 Å². The van der Waals surface area contributed by atoms with Crippen LogP contribution in [-0.2, 0) is 9.84 Å². The Morgan fingerprint density at radius 1 is 0.864 bits per heavy atom. The summed E-state index contributed by atoms with van der Waals surface area (Å²) in [6.45, 7) is 3.99. The third kappa shape index (κ3) is 4.49. The Kier molecular flexibility index (Phi) is 5.44. The number of sulfone groups is 1. The zero-order valence-corrected chi connectivity index (χ0v) is 13.7. The predicted octanol–water partition coefficient (Wildman–Crippen LogP) is 4.98. The lowest BCUT2D eigenvalue weighted by Crippen LogP contribution is -2.06. The summed E-state index contributed by atoms with van der Waals surface area (Å²) in [5.41, 5.74) is 2.57. The average molecular weight is 316 g/mol. The monoisotopic (exact) mass is 316 g/mol.